The van der Waals surface area contributed by atoms with E-state index >= 15 is 0 Å². The van der Waals surface area contributed by atoms with Gasteiger partial charge in [0, 0.05) is 36.8 Å². The quantitative estimate of drug-likeness (QED) is 0.730. The maximum absolute atomic E-state index is 12.8. The van der Waals surface area contributed by atoms with Gasteiger partial charge in [0.2, 0.25) is 11.7 Å². The lowest BCUT2D eigenvalue weighted by molar-refractivity contribution is -0.139. The van der Waals surface area contributed by atoms with Gasteiger partial charge in [-0.05, 0) is 25.0 Å². The van der Waals surface area contributed by atoms with Gasteiger partial charge in [0.25, 0.3) is 0 Å². The predicted molar refractivity (Wildman–Crippen MR) is 118 cm³/mol. The molecule has 1 aromatic carbocycles. The monoisotopic (exact) mass is 428 g/mol. The van der Waals surface area contributed by atoms with Crippen LogP contribution in [0.4, 0.5) is 0 Å². The van der Waals surface area contributed by atoms with Crippen LogP contribution in [0.2, 0.25) is 0 Å². The van der Waals surface area contributed by atoms with Crippen molar-refractivity contribution in [3.8, 4) is 28.5 Å². The second kappa shape index (κ2) is 9.60. The number of hydrogen-bond donors (Lipinski definition) is 1. The Bertz CT molecular complexity index is 882. The molecule has 0 atom stereocenters. The summed E-state index contributed by atoms with van der Waals surface area (Å²) in [6, 6.07) is 4.25. The zero-order chi connectivity index (χ0) is 21.8. The van der Waals surface area contributed by atoms with Crippen LogP contribution in [0, 0.1) is 0 Å². The molecule has 1 aliphatic heterocycles. The summed E-state index contributed by atoms with van der Waals surface area (Å²) in [4.78, 5) is 17.2. The van der Waals surface area contributed by atoms with Gasteiger partial charge >= 0.3 is 0 Å². The first-order valence-corrected chi connectivity index (χ1v) is 11.0. The highest BCUT2D eigenvalue weighted by molar-refractivity contribution is 5.79. The lowest BCUT2D eigenvalue weighted by atomic mass is 9.93. The van der Waals surface area contributed by atoms with Crippen LogP contribution in [-0.2, 0) is 11.3 Å². The van der Waals surface area contributed by atoms with Crippen LogP contribution in [0.5, 0.6) is 17.2 Å². The first-order chi connectivity index (χ1) is 15.1. The Morgan fingerprint density at radius 1 is 1.03 bits per heavy atom. The number of carbonyl (C=O) groups excluding carboxylic acids is 1. The highest BCUT2D eigenvalue weighted by Crippen LogP contribution is 2.41. The first-order valence-electron chi connectivity index (χ1n) is 11.0. The minimum atomic E-state index is 0.246. The van der Waals surface area contributed by atoms with Crippen LogP contribution in [0.3, 0.4) is 0 Å². The van der Waals surface area contributed by atoms with Crippen LogP contribution < -0.4 is 14.2 Å². The van der Waals surface area contributed by atoms with Crippen LogP contribution in [0.25, 0.3) is 11.3 Å². The maximum atomic E-state index is 12.8. The molecular weight excluding hydrogens is 396 g/mol. The van der Waals surface area contributed by atoms with E-state index in [4.69, 9.17) is 14.2 Å². The summed E-state index contributed by atoms with van der Waals surface area (Å²) < 4.78 is 16.4. The second-order valence-corrected chi connectivity index (χ2v) is 8.27. The topological polar surface area (TPSA) is 79.9 Å². The third-order valence-electron chi connectivity index (χ3n) is 6.42. The Hall–Kier alpha value is -2.74. The molecule has 1 aliphatic carbocycles. The molecule has 0 radical (unpaired) electrons. The average Bonchev–Trinajstić information content (AvgIpc) is 3.26. The van der Waals surface area contributed by atoms with E-state index in [1.54, 1.807) is 21.3 Å². The Balaban J connectivity index is 1.49. The van der Waals surface area contributed by atoms with Gasteiger partial charge in [-0.1, -0.05) is 19.3 Å². The van der Waals surface area contributed by atoms with Gasteiger partial charge in [-0.2, -0.15) is 5.10 Å². The zero-order valence-electron chi connectivity index (χ0n) is 18.6. The summed E-state index contributed by atoms with van der Waals surface area (Å²) in [6.45, 7) is 2.80. The fraction of sp³-hybridized carbons (Fsp3) is 0.565. The van der Waals surface area contributed by atoms with Crippen LogP contribution >= 0.6 is 0 Å². The lowest BCUT2D eigenvalue weighted by Crippen LogP contribution is -2.54. The number of aromatic amines is 1. The van der Waals surface area contributed by atoms with Crippen LogP contribution in [0.15, 0.2) is 18.3 Å². The van der Waals surface area contributed by atoms with Crippen molar-refractivity contribution in [3.63, 3.8) is 0 Å². The minimum absolute atomic E-state index is 0.246. The molecule has 2 aliphatic rings. The van der Waals surface area contributed by atoms with E-state index in [1.165, 1.54) is 19.3 Å². The van der Waals surface area contributed by atoms with E-state index in [2.05, 4.69) is 20.0 Å². The largest absolute Gasteiger partial charge is 0.493 e. The van der Waals surface area contributed by atoms with Crippen molar-refractivity contribution in [2.24, 2.45) is 0 Å². The third kappa shape index (κ3) is 4.49. The molecule has 2 heterocycles. The van der Waals surface area contributed by atoms with Gasteiger partial charge in [-0.3, -0.25) is 14.8 Å². The number of nitrogens with zero attached hydrogens (tertiary/aromatic N) is 3. The lowest BCUT2D eigenvalue weighted by Gasteiger charge is -2.40. The molecule has 1 N–H and O–H groups in total. The van der Waals surface area contributed by atoms with Crippen molar-refractivity contribution in [3.05, 3.63) is 23.9 Å². The molecular formula is C23H32N4O4. The van der Waals surface area contributed by atoms with Crippen molar-refractivity contribution in [1.82, 2.24) is 20.0 Å². The summed E-state index contributed by atoms with van der Waals surface area (Å²) in [5.74, 6) is 1.98. The van der Waals surface area contributed by atoms with Crippen molar-refractivity contribution in [2.45, 2.75) is 44.7 Å². The van der Waals surface area contributed by atoms with Crippen molar-refractivity contribution in [2.75, 3.05) is 41.0 Å². The van der Waals surface area contributed by atoms with Gasteiger partial charge in [0.15, 0.2) is 11.5 Å². The number of carbonyl (C=O) groups is 1. The first kappa shape index (κ1) is 21.5. The van der Waals surface area contributed by atoms with Gasteiger partial charge in [-0.25, -0.2) is 0 Å². The molecule has 1 aromatic heterocycles. The number of rotatable bonds is 7. The normalized spacial score (nSPS) is 18.3. The molecule has 31 heavy (non-hydrogen) atoms. The van der Waals surface area contributed by atoms with Crippen LogP contribution in [-0.4, -0.2) is 72.9 Å². The molecule has 1 amide bonds. The standard InChI is InChI=1S/C23H32N4O4/c1-29-19-11-16(12-20(30-2)23(19)31-3)22-17(13-24-25-22)14-26-9-10-27(21(28)15-26)18-7-5-4-6-8-18/h11-13,18H,4-10,14-15H2,1-3H3,(H,24,25). The number of amides is 1. The number of nitrogens with one attached hydrogen (secondary N) is 1. The summed E-state index contributed by atoms with van der Waals surface area (Å²) in [5, 5.41) is 7.36. The van der Waals surface area contributed by atoms with Crippen molar-refractivity contribution < 1.29 is 19.0 Å². The summed E-state index contributed by atoms with van der Waals surface area (Å²) in [7, 11) is 4.80. The van der Waals surface area contributed by atoms with Gasteiger partial charge in [0.1, 0.15) is 0 Å². The molecule has 8 nitrogen and oxygen atoms in total. The average molecular weight is 429 g/mol. The molecule has 0 spiro atoms. The molecule has 2 aromatic rings. The predicted octanol–water partition coefficient (Wildman–Crippen LogP) is 3.08. The SMILES string of the molecule is COc1cc(-c2[nH]ncc2CN2CCN(C3CCCCC3)C(=O)C2)cc(OC)c1OC. The van der Waals surface area contributed by atoms with Gasteiger partial charge in [0.05, 0.1) is 39.8 Å². The van der Waals surface area contributed by atoms with E-state index < -0.39 is 0 Å². The van der Waals surface area contributed by atoms with E-state index in [9.17, 15) is 4.79 Å². The third-order valence-corrected chi connectivity index (χ3v) is 6.42. The number of methoxy groups -OCH3 is 3. The van der Waals surface area contributed by atoms with E-state index in [-0.39, 0.29) is 5.91 Å². The number of H-pyrrole nitrogens is 1. The number of ether oxygens (including phenoxy) is 3. The molecule has 168 valence electrons. The fourth-order valence-electron chi connectivity index (χ4n) is 4.80. The maximum Gasteiger partial charge on any atom is 0.237 e. The number of hydrogen-bond acceptors (Lipinski definition) is 6. The van der Waals surface area contributed by atoms with E-state index in [0.29, 0.717) is 36.4 Å². The Morgan fingerprint density at radius 3 is 2.35 bits per heavy atom. The van der Waals surface area contributed by atoms with Crippen LogP contribution in [0.1, 0.15) is 37.7 Å². The summed E-state index contributed by atoms with van der Waals surface area (Å²) >= 11 is 0. The Morgan fingerprint density at radius 2 is 1.74 bits per heavy atom. The van der Waals surface area contributed by atoms with Crippen molar-refractivity contribution >= 4 is 5.91 Å². The highest BCUT2D eigenvalue weighted by Gasteiger charge is 2.30. The second-order valence-electron chi connectivity index (χ2n) is 8.27. The molecule has 1 saturated heterocycles. The van der Waals surface area contributed by atoms with Gasteiger partial charge < -0.3 is 19.1 Å². The number of piperazine rings is 1. The van der Waals surface area contributed by atoms with E-state index in [1.807, 2.05) is 18.3 Å². The number of benzene rings is 1. The smallest absolute Gasteiger partial charge is 0.237 e. The molecule has 4 rings (SSSR count). The molecule has 0 bridgehead atoms. The molecule has 1 saturated carbocycles. The zero-order valence-corrected chi connectivity index (χ0v) is 18.6. The summed E-state index contributed by atoms with van der Waals surface area (Å²) in [6.07, 6.45) is 7.92. The Kier molecular flexibility index (Phi) is 6.65. The number of aromatic nitrogens is 2. The van der Waals surface area contributed by atoms with Gasteiger partial charge in [-0.15, -0.1) is 0 Å². The highest BCUT2D eigenvalue weighted by atomic mass is 16.5. The van der Waals surface area contributed by atoms with Crippen molar-refractivity contribution in [1.29, 1.82) is 0 Å². The Labute approximate surface area is 183 Å². The summed E-state index contributed by atoms with van der Waals surface area (Å²) in [5.41, 5.74) is 2.82. The molecule has 0 unspecified atom stereocenters. The molecule has 2 fully saturated rings. The van der Waals surface area contributed by atoms with E-state index in [0.717, 1.165) is 42.8 Å². The molecule has 8 heteroatoms. The fourth-order valence-corrected chi connectivity index (χ4v) is 4.80. The minimum Gasteiger partial charge on any atom is -0.493 e.